The van der Waals surface area contributed by atoms with Gasteiger partial charge in [-0.15, -0.1) is 0 Å². The lowest BCUT2D eigenvalue weighted by molar-refractivity contribution is 0.950. The normalized spacial score (nSPS) is 10.4. The Morgan fingerprint density at radius 3 is 3.20 bits per heavy atom. The second-order valence-corrected chi connectivity index (χ2v) is 1.87. The van der Waals surface area contributed by atoms with E-state index in [2.05, 4.69) is 15.1 Å². The van der Waals surface area contributed by atoms with Crippen LogP contribution in [-0.2, 0) is 0 Å². The molecule has 2 N–H and O–H groups in total. The molecule has 0 atom stereocenters. The van der Waals surface area contributed by atoms with Gasteiger partial charge in [-0.3, -0.25) is 0 Å². The predicted octanol–water partition coefficient (Wildman–Crippen LogP) is -0.294. The summed E-state index contributed by atoms with van der Waals surface area (Å²) in [4.78, 5) is 7.73. The Morgan fingerprint density at radius 1 is 1.40 bits per heavy atom. The summed E-state index contributed by atoms with van der Waals surface area (Å²) in [6.07, 6.45) is 4.64. The molecular weight excluding hydrogens is 130 g/mol. The Morgan fingerprint density at radius 2 is 2.30 bits per heavy atom. The fourth-order valence-electron chi connectivity index (χ4n) is 0.742. The minimum atomic E-state index is 0.443. The van der Waals surface area contributed by atoms with E-state index < -0.39 is 0 Å². The highest BCUT2D eigenvalue weighted by molar-refractivity contribution is 5.37. The first-order chi connectivity index (χ1) is 4.86. The first kappa shape index (κ1) is 5.16. The number of anilines is 1. The summed E-state index contributed by atoms with van der Waals surface area (Å²) in [5.74, 6) is 0.443. The van der Waals surface area contributed by atoms with Crippen LogP contribution in [-0.4, -0.2) is 19.6 Å². The lowest BCUT2D eigenvalue weighted by Crippen LogP contribution is -1.94. The van der Waals surface area contributed by atoms with E-state index in [-0.39, 0.29) is 0 Å². The molecule has 0 aliphatic heterocycles. The quantitative estimate of drug-likeness (QED) is 0.538. The molecule has 0 saturated heterocycles. The van der Waals surface area contributed by atoms with Gasteiger partial charge in [0.2, 0.25) is 0 Å². The fourth-order valence-corrected chi connectivity index (χ4v) is 0.742. The van der Waals surface area contributed by atoms with Crippen LogP contribution in [0, 0.1) is 0 Å². The van der Waals surface area contributed by atoms with Gasteiger partial charge in [0.25, 0.3) is 0 Å². The zero-order valence-corrected chi connectivity index (χ0v) is 5.10. The van der Waals surface area contributed by atoms with Crippen molar-refractivity contribution in [2.24, 2.45) is 0 Å². The average Bonchev–Trinajstić information content (AvgIpc) is 2.33. The van der Waals surface area contributed by atoms with Crippen molar-refractivity contribution < 1.29 is 0 Å². The summed E-state index contributed by atoms with van der Waals surface area (Å²) < 4.78 is 1.57. The maximum atomic E-state index is 5.38. The van der Waals surface area contributed by atoms with Gasteiger partial charge >= 0.3 is 0 Å². The molecule has 50 valence electrons. The first-order valence-electron chi connectivity index (χ1n) is 2.77. The molecule has 0 fully saturated rings. The maximum absolute atomic E-state index is 5.38. The van der Waals surface area contributed by atoms with Gasteiger partial charge in [-0.2, -0.15) is 5.10 Å². The summed E-state index contributed by atoms with van der Waals surface area (Å²) in [7, 11) is 0. The Hall–Kier alpha value is -1.65. The minimum Gasteiger partial charge on any atom is -0.382 e. The van der Waals surface area contributed by atoms with Crippen molar-refractivity contribution in [3.63, 3.8) is 0 Å². The van der Waals surface area contributed by atoms with E-state index in [0.29, 0.717) is 11.5 Å². The Balaban J connectivity index is 2.86. The fraction of sp³-hybridized carbons (Fsp3) is 0. The lowest BCUT2D eigenvalue weighted by Gasteiger charge is -1.90. The minimum absolute atomic E-state index is 0.443. The first-order valence-corrected chi connectivity index (χ1v) is 2.77. The van der Waals surface area contributed by atoms with E-state index >= 15 is 0 Å². The molecule has 0 unspecified atom stereocenters. The topological polar surface area (TPSA) is 69.1 Å². The third-order valence-corrected chi connectivity index (χ3v) is 1.18. The number of nitrogens with zero attached hydrogens (tertiary/aromatic N) is 4. The summed E-state index contributed by atoms with van der Waals surface area (Å²) >= 11 is 0. The van der Waals surface area contributed by atoms with Crippen LogP contribution >= 0.6 is 0 Å². The highest BCUT2D eigenvalue weighted by atomic mass is 15.3. The summed E-state index contributed by atoms with van der Waals surface area (Å²) in [6, 6.07) is 0. The molecular formula is C5H5N5. The van der Waals surface area contributed by atoms with Crippen molar-refractivity contribution >= 4 is 11.5 Å². The molecule has 0 radical (unpaired) electrons. The molecule has 5 nitrogen and oxygen atoms in total. The second-order valence-electron chi connectivity index (χ2n) is 1.87. The summed E-state index contributed by atoms with van der Waals surface area (Å²) in [6.45, 7) is 0. The van der Waals surface area contributed by atoms with Gasteiger partial charge in [-0.25, -0.2) is 14.5 Å². The van der Waals surface area contributed by atoms with Crippen molar-refractivity contribution in [3.8, 4) is 0 Å². The van der Waals surface area contributed by atoms with Crippen LogP contribution in [0.25, 0.3) is 5.65 Å². The number of nitrogen functional groups attached to an aromatic ring is 1. The van der Waals surface area contributed by atoms with Crippen LogP contribution in [0.2, 0.25) is 0 Å². The summed E-state index contributed by atoms with van der Waals surface area (Å²) in [5.41, 5.74) is 6.09. The third-order valence-electron chi connectivity index (χ3n) is 1.18. The molecule has 0 aromatic carbocycles. The SMILES string of the molecule is Nc1cn2ncnc2cn1. The van der Waals surface area contributed by atoms with Crippen molar-refractivity contribution in [1.29, 1.82) is 0 Å². The van der Waals surface area contributed by atoms with Crippen LogP contribution in [0.5, 0.6) is 0 Å². The van der Waals surface area contributed by atoms with E-state index in [1.165, 1.54) is 6.33 Å². The maximum Gasteiger partial charge on any atom is 0.173 e. The van der Waals surface area contributed by atoms with Crippen molar-refractivity contribution in [2.75, 3.05) is 5.73 Å². The summed E-state index contributed by atoms with van der Waals surface area (Å²) in [5, 5.41) is 3.87. The van der Waals surface area contributed by atoms with E-state index in [9.17, 15) is 0 Å². The van der Waals surface area contributed by atoms with Gasteiger partial charge < -0.3 is 5.73 Å². The van der Waals surface area contributed by atoms with Crippen LogP contribution in [0.3, 0.4) is 0 Å². The number of nitrogens with two attached hydrogens (primary N) is 1. The zero-order valence-electron chi connectivity index (χ0n) is 5.10. The number of hydrogen-bond acceptors (Lipinski definition) is 4. The van der Waals surface area contributed by atoms with E-state index in [1.54, 1.807) is 16.9 Å². The van der Waals surface area contributed by atoms with Gasteiger partial charge in [0, 0.05) is 0 Å². The molecule has 0 amide bonds. The molecule has 0 spiro atoms. The number of hydrogen-bond donors (Lipinski definition) is 1. The van der Waals surface area contributed by atoms with Gasteiger partial charge in [0.15, 0.2) is 5.65 Å². The van der Waals surface area contributed by atoms with Crippen LogP contribution in [0.15, 0.2) is 18.7 Å². The molecule has 2 rings (SSSR count). The predicted molar refractivity (Wildman–Crippen MR) is 35.2 cm³/mol. The zero-order chi connectivity index (χ0) is 6.97. The molecule has 10 heavy (non-hydrogen) atoms. The van der Waals surface area contributed by atoms with Gasteiger partial charge in [-0.05, 0) is 0 Å². The molecule has 5 heteroatoms. The largest absolute Gasteiger partial charge is 0.382 e. The van der Waals surface area contributed by atoms with Crippen molar-refractivity contribution in [2.45, 2.75) is 0 Å². The Labute approximate surface area is 56.5 Å². The second kappa shape index (κ2) is 1.66. The van der Waals surface area contributed by atoms with E-state index in [4.69, 9.17) is 5.73 Å². The van der Waals surface area contributed by atoms with Gasteiger partial charge in [-0.1, -0.05) is 0 Å². The molecule has 0 bridgehead atoms. The monoisotopic (exact) mass is 135 g/mol. The van der Waals surface area contributed by atoms with Crippen molar-refractivity contribution in [1.82, 2.24) is 19.6 Å². The average molecular weight is 135 g/mol. The highest BCUT2D eigenvalue weighted by Gasteiger charge is 1.93. The molecule has 2 aromatic heterocycles. The molecule has 0 aliphatic carbocycles. The molecule has 2 aromatic rings. The van der Waals surface area contributed by atoms with Crippen LogP contribution in [0.4, 0.5) is 5.82 Å². The smallest absolute Gasteiger partial charge is 0.173 e. The van der Waals surface area contributed by atoms with Gasteiger partial charge in [0.05, 0.1) is 12.4 Å². The standard InChI is InChI=1S/C5H5N5/c6-4-2-10-5(1-7-4)8-3-9-10/h1-3H,6H2. The van der Waals surface area contributed by atoms with Gasteiger partial charge in [0.1, 0.15) is 12.1 Å². The Bertz CT molecular complexity index is 352. The lowest BCUT2D eigenvalue weighted by atomic mass is 10.7. The Kier molecular flexibility index (Phi) is 0.858. The van der Waals surface area contributed by atoms with Crippen LogP contribution < -0.4 is 5.73 Å². The highest BCUT2D eigenvalue weighted by Crippen LogP contribution is 1.97. The number of fused-ring (bicyclic) bond motifs is 1. The van der Waals surface area contributed by atoms with E-state index in [0.717, 1.165) is 0 Å². The number of rotatable bonds is 0. The molecule has 0 aliphatic rings. The molecule has 2 heterocycles. The van der Waals surface area contributed by atoms with Crippen LogP contribution in [0.1, 0.15) is 0 Å². The third kappa shape index (κ3) is 0.604. The molecule has 0 saturated carbocycles. The van der Waals surface area contributed by atoms with Crippen molar-refractivity contribution in [3.05, 3.63) is 18.7 Å². The van der Waals surface area contributed by atoms with E-state index in [1.807, 2.05) is 0 Å². The number of aromatic nitrogens is 4.